The smallest absolute Gasteiger partial charge is 0.0739 e. The number of hydrogen-bond donors (Lipinski definition) is 1. The molecule has 0 aliphatic carbocycles. The third-order valence-electron chi connectivity index (χ3n) is 3.41. The highest BCUT2D eigenvalue weighted by atomic mass is 79.9. The highest BCUT2D eigenvalue weighted by molar-refractivity contribution is 9.10. The molecule has 0 spiro atoms. The molecule has 4 heteroatoms. The molecule has 0 saturated heterocycles. The summed E-state index contributed by atoms with van der Waals surface area (Å²) in [4.78, 5) is 0. The van der Waals surface area contributed by atoms with E-state index in [4.69, 9.17) is 0 Å². The van der Waals surface area contributed by atoms with Gasteiger partial charge < -0.3 is 5.32 Å². The summed E-state index contributed by atoms with van der Waals surface area (Å²) >= 11 is 3.59. The van der Waals surface area contributed by atoms with Crippen LogP contribution in [0.1, 0.15) is 35.5 Å². The zero-order chi connectivity index (χ0) is 14.0. The summed E-state index contributed by atoms with van der Waals surface area (Å²) in [5.41, 5.74) is 4.81. The van der Waals surface area contributed by atoms with Gasteiger partial charge in [0.1, 0.15) is 0 Å². The molecule has 0 unspecified atom stereocenters. The number of nitrogens with zero attached hydrogens (tertiary/aromatic N) is 2. The van der Waals surface area contributed by atoms with Crippen molar-refractivity contribution < 1.29 is 0 Å². The Morgan fingerprint density at radius 2 is 1.89 bits per heavy atom. The summed E-state index contributed by atoms with van der Waals surface area (Å²) in [7, 11) is 1.98. The van der Waals surface area contributed by atoms with E-state index in [1.807, 2.05) is 18.7 Å². The van der Waals surface area contributed by atoms with Crippen LogP contribution in [0, 0.1) is 13.8 Å². The zero-order valence-corrected chi connectivity index (χ0v) is 13.5. The first-order chi connectivity index (χ1) is 8.99. The van der Waals surface area contributed by atoms with Gasteiger partial charge in [-0.1, -0.05) is 29.8 Å². The maximum absolute atomic E-state index is 4.40. The highest BCUT2D eigenvalue weighted by Gasteiger charge is 2.12. The van der Waals surface area contributed by atoms with Crippen molar-refractivity contribution in [3.63, 3.8) is 0 Å². The van der Waals surface area contributed by atoms with E-state index < -0.39 is 0 Å². The van der Waals surface area contributed by atoms with Gasteiger partial charge in [0.15, 0.2) is 0 Å². The van der Waals surface area contributed by atoms with E-state index in [9.17, 15) is 0 Å². The Bertz CT molecular complexity index is 558. The van der Waals surface area contributed by atoms with Gasteiger partial charge in [0, 0.05) is 19.6 Å². The quantitative estimate of drug-likeness (QED) is 0.931. The second-order valence-electron chi connectivity index (χ2n) is 4.98. The Hall–Kier alpha value is -1.13. The normalized spacial score (nSPS) is 12.7. The number of rotatable bonds is 4. The molecule has 2 aromatic rings. The summed E-state index contributed by atoms with van der Waals surface area (Å²) in [5.74, 6) is 0. The molecule has 0 bridgehead atoms. The molecule has 0 radical (unpaired) electrons. The average Bonchev–Trinajstić information content (AvgIpc) is 2.62. The van der Waals surface area contributed by atoms with E-state index >= 15 is 0 Å². The number of benzene rings is 1. The van der Waals surface area contributed by atoms with E-state index in [-0.39, 0.29) is 0 Å². The second-order valence-corrected chi connectivity index (χ2v) is 5.78. The van der Waals surface area contributed by atoms with Crippen LogP contribution in [-0.2, 0) is 13.6 Å². The van der Waals surface area contributed by atoms with Crippen LogP contribution < -0.4 is 5.32 Å². The first-order valence-corrected chi connectivity index (χ1v) is 7.26. The number of halogens is 1. The molecular formula is C15H20BrN3. The van der Waals surface area contributed by atoms with Gasteiger partial charge in [-0.15, -0.1) is 0 Å². The lowest BCUT2D eigenvalue weighted by molar-refractivity contribution is 0.547. The standard InChI is InChI=1S/C15H20BrN3/c1-10-5-7-13(8-6-10)11(2)17-9-14-15(16)12(3)18-19(14)4/h5-8,11,17H,9H2,1-4H3/t11-/m1/s1. The summed E-state index contributed by atoms with van der Waals surface area (Å²) in [6.45, 7) is 7.10. The van der Waals surface area contributed by atoms with Gasteiger partial charge in [0.2, 0.25) is 0 Å². The average molecular weight is 322 g/mol. The van der Waals surface area contributed by atoms with Crippen molar-refractivity contribution in [3.8, 4) is 0 Å². The van der Waals surface area contributed by atoms with Crippen molar-refractivity contribution >= 4 is 15.9 Å². The van der Waals surface area contributed by atoms with E-state index in [0.29, 0.717) is 6.04 Å². The van der Waals surface area contributed by atoms with Gasteiger partial charge in [0.05, 0.1) is 15.9 Å². The lowest BCUT2D eigenvalue weighted by Gasteiger charge is -2.15. The number of aromatic nitrogens is 2. The Morgan fingerprint density at radius 1 is 1.26 bits per heavy atom. The van der Waals surface area contributed by atoms with Crippen molar-refractivity contribution in [2.75, 3.05) is 0 Å². The summed E-state index contributed by atoms with van der Waals surface area (Å²) in [6.07, 6.45) is 0. The molecule has 102 valence electrons. The molecular weight excluding hydrogens is 302 g/mol. The molecule has 3 nitrogen and oxygen atoms in total. The summed E-state index contributed by atoms with van der Waals surface area (Å²) in [6, 6.07) is 8.98. The Balaban J connectivity index is 2.04. The fourth-order valence-corrected chi connectivity index (χ4v) is 2.57. The maximum atomic E-state index is 4.40. The molecule has 2 rings (SSSR count). The largest absolute Gasteiger partial charge is 0.305 e. The van der Waals surface area contributed by atoms with Crippen LogP contribution in [0.5, 0.6) is 0 Å². The Labute approximate surface area is 123 Å². The molecule has 1 atom stereocenters. The van der Waals surface area contributed by atoms with Crippen LogP contribution in [0.25, 0.3) is 0 Å². The third-order valence-corrected chi connectivity index (χ3v) is 4.45. The minimum atomic E-state index is 0.322. The number of hydrogen-bond acceptors (Lipinski definition) is 2. The lowest BCUT2D eigenvalue weighted by atomic mass is 10.1. The van der Waals surface area contributed by atoms with Crippen LogP contribution >= 0.6 is 15.9 Å². The minimum absolute atomic E-state index is 0.322. The molecule has 1 aromatic carbocycles. The van der Waals surface area contributed by atoms with E-state index in [1.54, 1.807) is 0 Å². The number of aryl methyl sites for hydroxylation is 3. The van der Waals surface area contributed by atoms with Gasteiger partial charge in [-0.25, -0.2) is 0 Å². The fraction of sp³-hybridized carbons (Fsp3) is 0.400. The SMILES string of the molecule is Cc1ccc([C@@H](C)NCc2c(Br)c(C)nn2C)cc1. The number of nitrogens with one attached hydrogen (secondary N) is 1. The molecule has 19 heavy (non-hydrogen) atoms. The van der Waals surface area contributed by atoms with Gasteiger partial charge in [-0.3, -0.25) is 4.68 Å². The highest BCUT2D eigenvalue weighted by Crippen LogP contribution is 2.21. The molecule has 1 aromatic heterocycles. The van der Waals surface area contributed by atoms with E-state index in [0.717, 1.165) is 16.7 Å². The molecule has 1 N–H and O–H groups in total. The molecule has 1 heterocycles. The predicted octanol–water partition coefficient (Wildman–Crippen LogP) is 3.65. The molecule has 0 amide bonds. The maximum Gasteiger partial charge on any atom is 0.0739 e. The second kappa shape index (κ2) is 5.88. The van der Waals surface area contributed by atoms with Crippen molar-refractivity contribution in [2.24, 2.45) is 7.05 Å². The minimum Gasteiger partial charge on any atom is -0.305 e. The first kappa shape index (κ1) is 14.3. The molecule has 0 saturated carbocycles. The van der Waals surface area contributed by atoms with Crippen LogP contribution in [0.2, 0.25) is 0 Å². The van der Waals surface area contributed by atoms with Crippen molar-refractivity contribution in [3.05, 3.63) is 51.3 Å². The van der Waals surface area contributed by atoms with Crippen LogP contribution in [0.3, 0.4) is 0 Å². The Kier molecular flexibility index (Phi) is 4.42. The summed E-state index contributed by atoms with van der Waals surface area (Å²) in [5, 5.41) is 7.94. The van der Waals surface area contributed by atoms with Gasteiger partial charge >= 0.3 is 0 Å². The van der Waals surface area contributed by atoms with Gasteiger partial charge in [-0.05, 0) is 42.3 Å². The topological polar surface area (TPSA) is 29.9 Å². The Morgan fingerprint density at radius 3 is 2.42 bits per heavy atom. The molecule has 0 aliphatic rings. The van der Waals surface area contributed by atoms with Crippen LogP contribution in [-0.4, -0.2) is 9.78 Å². The first-order valence-electron chi connectivity index (χ1n) is 6.47. The van der Waals surface area contributed by atoms with Gasteiger partial charge in [-0.2, -0.15) is 5.10 Å². The third kappa shape index (κ3) is 3.25. The van der Waals surface area contributed by atoms with E-state index in [2.05, 4.69) is 64.5 Å². The van der Waals surface area contributed by atoms with Crippen LogP contribution in [0.4, 0.5) is 0 Å². The van der Waals surface area contributed by atoms with E-state index in [1.165, 1.54) is 16.8 Å². The zero-order valence-electron chi connectivity index (χ0n) is 11.9. The summed E-state index contributed by atoms with van der Waals surface area (Å²) < 4.78 is 3.02. The molecule has 0 aliphatic heterocycles. The van der Waals surface area contributed by atoms with Gasteiger partial charge in [0.25, 0.3) is 0 Å². The van der Waals surface area contributed by atoms with Crippen molar-refractivity contribution in [2.45, 2.75) is 33.4 Å². The van der Waals surface area contributed by atoms with Crippen molar-refractivity contribution in [1.82, 2.24) is 15.1 Å². The monoisotopic (exact) mass is 321 g/mol. The molecule has 0 fully saturated rings. The van der Waals surface area contributed by atoms with Crippen LogP contribution in [0.15, 0.2) is 28.7 Å². The predicted molar refractivity (Wildman–Crippen MR) is 82.1 cm³/mol. The van der Waals surface area contributed by atoms with Crippen molar-refractivity contribution in [1.29, 1.82) is 0 Å². The lowest BCUT2D eigenvalue weighted by Crippen LogP contribution is -2.20. The fourth-order valence-electron chi connectivity index (χ4n) is 2.09.